The van der Waals surface area contributed by atoms with Crippen molar-refractivity contribution in [3.05, 3.63) is 71.3 Å². The minimum atomic E-state index is -4.38. The third kappa shape index (κ3) is 4.25. The van der Waals surface area contributed by atoms with E-state index in [0.717, 1.165) is 17.0 Å². The molecule has 1 aromatic carbocycles. The first kappa shape index (κ1) is 19.8. The third-order valence-electron chi connectivity index (χ3n) is 4.27. The van der Waals surface area contributed by atoms with Crippen LogP contribution in [0.15, 0.2) is 55.2 Å². The number of anilines is 2. The van der Waals surface area contributed by atoms with E-state index in [-0.39, 0.29) is 11.9 Å². The molecule has 4 rings (SSSR count). The van der Waals surface area contributed by atoms with Gasteiger partial charge in [-0.2, -0.15) is 13.2 Å². The number of alkyl halides is 3. The topological polar surface area (TPSA) is 84.2 Å². The van der Waals surface area contributed by atoms with Gasteiger partial charge in [-0.1, -0.05) is 11.3 Å². The Bertz CT molecular complexity index is 1180. The zero-order chi connectivity index (χ0) is 21.3. The smallest absolute Gasteiger partial charge is 0.345 e. The van der Waals surface area contributed by atoms with E-state index in [2.05, 4.69) is 25.6 Å². The number of nitrogens with zero attached hydrogens (tertiary/aromatic N) is 4. The number of carbonyl (C=O) groups is 1. The Morgan fingerprint density at radius 3 is 2.63 bits per heavy atom. The Balaban J connectivity index is 1.40. The van der Waals surface area contributed by atoms with Crippen LogP contribution < -0.4 is 10.6 Å². The standard InChI is InChI=1S/C19H15F3N6OS/c1-11(26-16(29)12-8-24-17-23-6-7-28(17)10-12)15-9-25-18(30-15)27-14-4-2-13(3-5-14)19(20,21)22/h2-11H,1H3,(H,25,27)(H,26,29). The van der Waals surface area contributed by atoms with E-state index in [4.69, 9.17) is 0 Å². The molecule has 0 fully saturated rings. The fraction of sp³-hybridized carbons (Fsp3) is 0.158. The summed E-state index contributed by atoms with van der Waals surface area (Å²) in [5, 5.41) is 6.35. The molecule has 1 amide bonds. The number of nitrogens with one attached hydrogen (secondary N) is 2. The number of carbonyl (C=O) groups excluding carboxylic acids is 1. The maximum absolute atomic E-state index is 12.7. The number of halogens is 3. The predicted molar refractivity (Wildman–Crippen MR) is 106 cm³/mol. The third-order valence-corrected chi connectivity index (χ3v) is 5.36. The molecule has 154 valence electrons. The van der Waals surface area contributed by atoms with Gasteiger partial charge >= 0.3 is 6.18 Å². The zero-order valence-corrected chi connectivity index (χ0v) is 16.3. The number of rotatable bonds is 5. The highest BCUT2D eigenvalue weighted by Gasteiger charge is 2.30. The maximum atomic E-state index is 12.7. The highest BCUT2D eigenvalue weighted by Crippen LogP contribution is 2.31. The van der Waals surface area contributed by atoms with Crippen LogP contribution in [0.2, 0.25) is 0 Å². The lowest BCUT2D eigenvalue weighted by atomic mass is 10.2. The molecule has 0 aliphatic heterocycles. The van der Waals surface area contributed by atoms with Crippen molar-refractivity contribution in [2.24, 2.45) is 0 Å². The fourth-order valence-electron chi connectivity index (χ4n) is 2.70. The van der Waals surface area contributed by atoms with E-state index in [1.165, 1.54) is 29.7 Å². The Kier molecular flexibility index (Phi) is 5.12. The van der Waals surface area contributed by atoms with Crippen LogP contribution in [-0.2, 0) is 6.18 Å². The van der Waals surface area contributed by atoms with E-state index in [1.54, 1.807) is 29.2 Å². The lowest BCUT2D eigenvalue weighted by Gasteiger charge is -2.11. The Morgan fingerprint density at radius 2 is 1.90 bits per heavy atom. The second-order valence-electron chi connectivity index (χ2n) is 6.44. The molecular formula is C19H15F3N6OS. The van der Waals surface area contributed by atoms with Crippen LogP contribution in [0, 0.1) is 0 Å². The van der Waals surface area contributed by atoms with Crippen LogP contribution in [0.1, 0.15) is 33.8 Å². The van der Waals surface area contributed by atoms with E-state index < -0.39 is 11.7 Å². The highest BCUT2D eigenvalue weighted by molar-refractivity contribution is 7.15. The van der Waals surface area contributed by atoms with Gasteiger partial charge in [0.15, 0.2) is 5.13 Å². The van der Waals surface area contributed by atoms with Gasteiger partial charge in [-0.05, 0) is 31.2 Å². The number of hydrogen-bond donors (Lipinski definition) is 2. The summed E-state index contributed by atoms with van der Waals surface area (Å²) in [6.07, 6.45) is 3.62. The van der Waals surface area contributed by atoms with Crippen molar-refractivity contribution in [3.63, 3.8) is 0 Å². The van der Waals surface area contributed by atoms with Gasteiger partial charge in [-0.3, -0.25) is 9.20 Å². The molecule has 30 heavy (non-hydrogen) atoms. The highest BCUT2D eigenvalue weighted by atomic mass is 32.1. The van der Waals surface area contributed by atoms with Crippen molar-refractivity contribution in [2.45, 2.75) is 19.1 Å². The number of hydrogen-bond acceptors (Lipinski definition) is 6. The second kappa shape index (κ2) is 7.75. The quantitative estimate of drug-likeness (QED) is 0.487. The first-order valence-electron chi connectivity index (χ1n) is 8.79. The Morgan fingerprint density at radius 1 is 1.13 bits per heavy atom. The van der Waals surface area contributed by atoms with Gasteiger partial charge in [0, 0.05) is 41.5 Å². The minimum absolute atomic E-state index is 0.295. The average molecular weight is 432 g/mol. The lowest BCUT2D eigenvalue weighted by molar-refractivity contribution is -0.137. The Labute approximate surface area is 172 Å². The fourth-order valence-corrected chi connectivity index (χ4v) is 3.53. The largest absolute Gasteiger partial charge is 0.416 e. The summed E-state index contributed by atoms with van der Waals surface area (Å²) >= 11 is 1.30. The van der Waals surface area contributed by atoms with E-state index in [0.29, 0.717) is 22.2 Å². The maximum Gasteiger partial charge on any atom is 0.416 e. The number of benzene rings is 1. The predicted octanol–water partition coefficient (Wildman–Crippen LogP) is 4.44. The van der Waals surface area contributed by atoms with E-state index >= 15 is 0 Å². The SMILES string of the molecule is CC(NC(=O)c1cnc2nccn2c1)c1cnc(Nc2ccc(C(F)(F)F)cc2)s1. The molecule has 0 bridgehead atoms. The molecule has 1 atom stereocenters. The molecule has 0 saturated heterocycles. The van der Waals surface area contributed by atoms with Crippen molar-refractivity contribution in [2.75, 3.05) is 5.32 Å². The molecule has 0 aliphatic rings. The number of thiazole rings is 1. The molecule has 3 aromatic heterocycles. The molecular weight excluding hydrogens is 417 g/mol. The minimum Gasteiger partial charge on any atom is -0.345 e. The van der Waals surface area contributed by atoms with Gasteiger partial charge in [0.1, 0.15) is 0 Å². The van der Waals surface area contributed by atoms with Crippen LogP contribution in [0.25, 0.3) is 5.78 Å². The summed E-state index contributed by atoms with van der Waals surface area (Å²) in [6, 6.07) is 4.37. The summed E-state index contributed by atoms with van der Waals surface area (Å²) in [4.78, 5) is 25.7. The van der Waals surface area contributed by atoms with Crippen molar-refractivity contribution < 1.29 is 18.0 Å². The first-order valence-corrected chi connectivity index (χ1v) is 9.61. The van der Waals surface area contributed by atoms with Crippen molar-refractivity contribution in [1.29, 1.82) is 0 Å². The molecule has 11 heteroatoms. The van der Waals surface area contributed by atoms with Gasteiger partial charge in [-0.15, -0.1) is 0 Å². The van der Waals surface area contributed by atoms with Crippen molar-refractivity contribution >= 4 is 33.8 Å². The van der Waals surface area contributed by atoms with Crippen LogP contribution in [0.4, 0.5) is 24.0 Å². The molecule has 0 aliphatic carbocycles. The summed E-state index contributed by atoms with van der Waals surface area (Å²) in [7, 11) is 0. The molecule has 7 nitrogen and oxygen atoms in total. The number of amides is 1. The molecule has 2 N–H and O–H groups in total. The van der Waals surface area contributed by atoms with Crippen LogP contribution in [0.5, 0.6) is 0 Å². The van der Waals surface area contributed by atoms with Crippen molar-refractivity contribution in [1.82, 2.24) is 24.7 Å². The summed E-state index contributed by atoms with van der Waals surface area (Å²) in [6.45, 7) is 1.82. The van der Waals surface area contributed by atoms with Crippen molar-refractivity contribution in [3.8, 4) is 0 Å². The Hall–Kier alpha value is -3.47. The van der Waals surface area contributed by atoms with Gasteiger partial charge < -0.3 is 10.6 Å². The molecule has 3 heterocycles. The summed E-state index contributed by atoms with van der Waals surface area (Å²) < 4.78 is 39.6. The van der Waals surface area contributed by atoms with Gasteiger partial charge in [0.25, 0.3) is 5.91 Å². The lowest BCUT2D eigenvalue weighted by Crippen LogP contribution is -2.26. The number of fused-ring (bicyclic) bond motifs is 1. The number of aromatic nitrogens is 4. The summed E-state index contributed by atoms with van der Waals surface area (Å²) in [5.74, 6) is 0.206. The van der Waals surface area contributed by atoms with E-state index in [1.807, 2.05) is 6.92 Å². The number of imidazole rings is 1. The molecule has 0 spiro atoms. The zero-order valence-electron chi connectivity index (χ0n) is 15.5. The van der Waals surface area contributed by atoms with Gasteiger partial charge in [-0.25, -0.2) is 15.0 Å². The van der Waals surface area contributed by atoms with Crippen LogP contribution in [0.3, 0.4) is 0 Å². The van der Waals surface area contributed by atoms with Crippen LogP contribution >= 0.6 is 11.3 Å². The molecule has 4 aromatic rings. The summed E-state index contributed by atoms with van der Waals surface area (Å²) in [5.41, 5.74) is 0.160. The first-order chi connectivity index (χ1) is 14.3. The normalized spacial score (nSPS) is 12.7. The molecule has 1 unspecified atom stereocenters. The average Bonchev–Trinajstić information content (AvgIpc) is 3.36. The second-order valence-corrected chi connectivity index (χ2v) is 7.50. The molecule has 0 radical (unpaired) electrons. The monoisotopic (exact) mass is 432 g/mol. The molecule has 0 saturated carbocycles. The van der Waals surface area contributed by atoms with Crippen LogP contribution in [-0.4, -0.2) is 25.3 Å². The van der Waals surface area contributed by atoms with Gasteiger partial charge in [0.2, 0.25) is 5.78 Å². The van der Waals surface area contributed by atoms with Gasteiger partial charge in [0.05, 0.1) is 17.2 Å². The van der Waals surface area contributed by atoms with E-state index in [9.17, 15) is 18.0 Å².